The molecule has 1 saturated heterocycles. The second-order valence-electron chi connectivity index (χ2n) is 5.82. The average molecular weight is 333 g/mol. The van der Waals surface area contributed by atoms with Crippen LogP contribution in [0.3, 0.4) is 0 Å². The van der Waals surface area contributed by atoms with E-state index >= 15 is 0 Å². The molecule has 7 heteroatoms. The van der Waals surface area contributed by atoms with Crippen LogP contribution in [0.25, 0.3) is 22.2 Å². The third kappa shape index (κ3) is 2.75. The Balaban J connectivity index is 1.73. The first kappa shape index (κ1) is 15.1. The largest absolute Gasteiger partial charge is 0.416 e. The molecule has 24 heavy (non-hydrogen) atoms. The fourth-order valence-electron chi connectivity index (χ4n) is 2.76. The number of ether oxygens (including phenoxy) is 1. The minimum Gasteiger partial charge on any atom is -0.376 e. The zero-order chi connectivity index (χ0) is 16.7. The van der Waals surface area contributed by atoms with Crippen molar-refractivity contribution in [2.75, 3.05) is 6.61 Å². The summed E-state index contributed by atoms with van der Waals surface area (Å²) in [5, 5.41) is 4.30. The molecule has 3 aromatic rings. The molecule has 1 aliphatic rings. The maximum atomic E-state index is 12.9. The Morgan fingerprint density at radius 2 is 2.00 bits per heavy atom. The van der Waals surface area contributed by atoms with E-state index in [1.165, 1.54) is 6.07 Å². The van der Waals surface area contributed by atoms with Crippen LogP contribution in [0, 0.1) is 0 Å². The van der Waals surface area contributed by atoms with Gasteiger partial charge in [0.15, 0.2) is 0 Å². The number of alkyl halides is 3. The molecule has 0 saturated carbocycles. The van der Waals surface area contributed by atoms with Gasteiger partial charge in [-0.2, -0.15) is 18.3 Å². The molecule has 2 aromatic heterocycles. The number of hydrogen-bond acceptors (Lipinski definition) is 3. The number of aromatic nitrogens is 3. The third-order valence-electron chi connectivity index (χ3n) is 4.19. The fraction of sp³-hybridized carbons (Fsp3) is 0.294. The van der Waals surface area contributed by atoms with Crippen LogP contribution in [-0.2, 0) is 17.5 Å². The summed E-state index contributed by atoms with van der Waals surface area (Å²) in [5.74, 6) is 0. The molecule has 4 rings (SSSR count). The standard InChI is InChI=1S/C17H14F3N3O/c18-17(19,20)13-3-1-2-11(6-13)12-7-16-15(21-8-12)9-22-23(16)10-14-4-5-24-14/h1-3,6-9,14H,4-5,10H2/t14-/m1/s1. The highest BCUT2D eigenvalue weighted by molar-refractivity contribution is 5.80. The van der Waals surface area contributed by atoms with Crippen molar-refractivity contribution in [2.24, 2.45) is 0 Å². The summed E-state index contributed by atoms with van der Waals surface area (Å²) in [7, 11) is 0. The van der Waals surface area contributed by atoms with Crippen molar-refractivity contribution in [2.45, 2.75) is 25.2 Å². The van der Waals surface area contributed by atoms with Gasteiger partial charge in [-0.1, -0.05) is 12.1 Å². The van der Waals surface area contributed by atoms with Crippen LogP contribution in [0.4, 0.5) is 13.2 Å². The van der Waals surface area contributed by atoms with Crippen LogP contribution in [0.5, 0.6) is 0 Å². The van der Waals surface area contributed by atoms with Crippen molar-refractivity contribution in [3.8, 4) is 11.1 Å². The Hall–Kier alpha value is -2.41. The summed E-state index contributed by atoms with van der Waals surface area (Å²) in [6.07, 6.45) is -0.00244. The van der Waals surface area contributed by atoms with Crippen LogP contribution in [0.2, 0.25) is 0 Å². The monoisotopic (exact) mass is 333 g/mol. The molecule has 124 valence electrons. The number of rotatable bonds is 3. The number of benzene rings is 1. The molecule has 0 N–H and O–H groups in total. The van der Waals surface area contributed by atoms with Gasteiger partial charge in [0.05, 0.1) is 29.9 Å². The Kier molecular flexibility index (Phi) is 3.53. The highest BCUT2D eigenvalue weighted by atomic mass is 19.4. The fourth-order valence-corrected chi connectivity index (χ4v) is 2.76. The Morgan fingerprint density at radius 1 is 1.17 bits per heavy atom. The van der Waals surface area contributed by atoms with E-state index < -0.39 is 11.7 Å². The first-order chi connectivity index (χ1) is 11.5. The minimum absolute atomic E-state index is 0.144. The van der Waals surface area contributed by atoms with Crippen molar-refractivity contribution in [1.29, 1.82) is 0 Å². The van der Waals surface area contributed by atoms with E-state index in [4.69, 9.17) is 4.74 Å². The van der Waals surface area contributed by atoms with Gasteiger partial charge in [-0.05, 0) is 30.2 Å². The van der Waals surface area contributed by atoms with Gasteiger partial charge in [-0.25, -0.2) is 0 Å². The highest BCUT2D eigenvalue weighted by Crippen LogP contribution is 2.32. The van der Waals surface area contributed by atoms with Crippen LogP contribution < -0.4 is 0 Å². The van der Waals surface area contributed by atoms with Crippen LogP contribution in [-0.4, -0.2) is 27.5 Å². The molecular formula is C17H14F3N3O. The normalized spacial score (nSPS) is 17.9. The lowest BCUT2D eigenvalue weighted by Crippen LogP contribution is -2.31. The summed E-state index contributed by atoms with van der Waals surface area (Å²) in [5.41, 5.74) is 1.94. The summed E-state index contributed by atoms with van der Waals surface area (Å²) >= 11 is 0. The Labute approximate surface area is 135 Å². The lowest BCUT2D eigenvalue weighted by Gasteiger charge is -2.26. The molecule has 0 radical (unpaired) electrons. The van der Waals surface area contributed by atoms with Gasteiger partial charge in [0.1, 0.15) is 5.52 Å². The van der Waals surface area contributed by atoms with Crippen molar-refractivity contribution in [1.82, 2.24) is 14.8 Å². The topological polar surface area (TPSA) is 39.9 Å². The van der Waals surface area contributed by atoms with E-state index in [2.05, 4.69) is 10.1 Å². The predicted molar refractivity (Wildman–Crippen MR) is 82.3 cm³/mol. The van der Waals surface area contributed by atoms with E-state index in [9.17, 15) is 13.2 Å². The van der Waals surface area contributed by atoms with Gasteiger partial charge in [0, 0.05) is 18.4 Å². The summed E-state index contributed by atoms with van der Waals surface area (Å²) in [6, 6.07) is 7.07. The third-order valence-corrected chi connectivity index (χ3v) is 4.19. The smallest absolute Gasteiger partial charge is 0.376 e. The van der Waals surface area contributed by atoms with E-state index in [1.807, 2.05) is 6.07 Å². The quantitative estimate of drug-likeness (QED) is 0.730. The van der Waals surface area contributed by atoms with E-state index in [0.717, 1.165) is 30.7 Å². The first-order valence-corrected chi connectivity index (χ1v) is 7.61. The maximum absolute atomic E-state index is 12.9. The van der Waals surface area contributed by atoms with E-state index in [-0.39, 0.29) is 6.10 Å². The number of pyridine rings is 1. The highest BCUT2D eigenvalue weighted by Gasteiger charge is 2.30. The SMILES string of the molecule is FC(F)(F)c1cccc(-c2cnc3cnn(C[C@H]4CCO4)c3c2)c1. The molecule has 0 bridgehead atoms. The molecule has 0 amide bonds. The zero-order valence-corrected chi connectivity index (χ0v) is 12.6. The van der Waals surface area contributed by atoms with Gasteiger partial charge >= 0.3 is 6.18 Å². The predicted octanol–water partition coefficient (Wildman–Crippen LogP) is 3.91. The molecule has 0 spiro atoms. The summed E-state index contributed by atoms with van der Waals surface area (Å²) < 4.78 is 45.9. The van der Waals surface area contributed by atoms with Crippen molar-refractivity contribution in [3.05, 3.63) is 48.3 Å². The number of fused-ring (bicyclic) bond motifs is 1. The van der Waals surface area contributed by atoms with Crippen molar-refractivity contribution >= 4 is 11.0 Å². The van der Waals surface area contributed by atoms with E-state index in [1.54, 1.807) is 23.1 Å². The number of hydrogen-bond donors (Lipinski definition) is 0. The second-order valence-corrected chi connectivity index (χ2v) is 5.82. The molecule has 1 fully saturated rings. The first-order valence-electron chi connectivity index (χ1n) is 7.61. The number of halogens is 3. The summed E-state index contributed by atoms with van der Waals surface area (Å²) in [4.78, 5) is 4.32. The molecule has 1 aromatic carbocycles. The Bertz CT molecular complexity index is 884. The molecule has 0 aliphatic carbocycles. The maximum Gasteiger partial charge on any atom is 0.416 e. The van der Waals surface area contributed by atoms with Crippen molar-refractivity contribution < 1.29 is 17.9 Å². The zero-order valence-electron chi connectivity index (χ0n) is 12.6. The molecule has 1 aliphatic heterocycles. The van der Waals surface area contributed by atoms with Crippen LogP contribution in [0.15, 0.2) is 42.7 Å². The second kappa shape index (κ2) is 5.59. The Morgan fingerprint density at radius 3 is 2.71 bits per heavy atom. The molecular weight excluding hydrogens is 319 g/mol. The number of nitrogens with zero attached hydrogens (tertiary/aromatic N) is 3. The summed E-state index contributed by atoms with van der Waals surface area (Å²) in [6.45, 7) is 1.38. The van der Waals surface area contributed by atoms with Gasteiger partial charge in [0.2, 0.25) is 0 Å². The lowest BCUT2D eigenvalue weighted by molar-refractivity contribution is -0.137. The van der Waals surface area contributed by atoms with Gasteiger partial charge < -0.3 is 4.74 Å². The molecule has 1 atom stereocenters. The van der Waals surface area contributed by atoms with Gasteiger partial charge in [-0.3, -0.25) is 9.67 Å². The minimum atomic E-state index is -4.36. The van der Waals surface area contributed by atoms with Crippen LogP contribution in [0.1, 0.15) is 12.0 Å². The van der Waals surface area contributed by atoms with Crippen LogP contribution >= 0.6 is 0 Å². The van der Waals surface area contributed by atoms with Crippen molar-refractivity contribution in [3.63, 3.8) is 0 Å². The molecule has 4 nitrogen and oxygen atoms in total. The molecule has 3 heterocycles. The molecule has 0 unspecified atom stereocenters. The van der Waals surface area contributed by atoms with Gasteiger partial charge in [-0.15, -0.1) is 0 Å². The average Bonchev–Trinajstić information content (AvgIpc) is 2.92. The van der Waals surface area contributed by atoms with E-state index in [0.29, 0.717) is 23.2 Å². The lowest BCUT2D eigenvalue weighted by atomic mass is 10.0. The van der Waals surface area contributed by atoms with Gasteiger partial charge in [0.25, 0.3) is 0 Å².